The average molecular weight is 307 g/mol. The van der Waals surface area contributed by atoms with Gasteiger partial charge in [0.05, 0.1) is 12.1 Å². The van der Waals surface area contributed by atoms with Gasteiger partial charge in [-0.3, -0.25) is 4.90 Å². The summed E-state index contributed by atoms with van der Waals surface area (Å²) in [7, 11) is 0. The van der Waals surface area contributed by atoms with Crippen molar-refractivity contribution in [2.24, 2.45) is 5.41 Å². The molecule has 1 aliphatic carbocycles. The average Bonchev–Trinajstić information content (AvgIpc) is 2.58. The Labute approximate surface area is 138 Å². The maximum atomic E-state index is 9.68. The zero-order valence-electron chi connectivity index (χ0n) is 13.6. The van der Waals surface area contributed by atoms with Crippen molar-refractivity contribution in [2.75, 3.05) is 13.1 Å². The van der Waals surface area contributed by atoms with Gasteiger partial charge in [0.25, 0.3) is 0 Å². The number of benzene rings is 2. The molecule has 1 N–H and O–H groups in total. The van der Waals surface area contributed by atoms with Gasteiger partial charge >= 0.3 is 0 Å². The molecule has 4 rings (SSSR count). The van der Waals surface area contributed by atoms with Crippen LogP contribution < -0.4 is 0 Å². The van der Waals surface area contributed by atoms with Crippen LogP contribution in [-0.2, 0) is 0 Å². The molecule has 0 atom stereocenters. The fourth-order valence-electron chi connectivity index (χ4n) is 4.49. The van der Waals surface area contributed by atoms with Gasteiger partial charge in [0.1, 0.15) is 0 Å². The first-order valence-electron chi connectivity index (χ1n) is 8.78. The summed E-state index contributed by atoms with van der Waals surface area (Å²) in [6.45, 7) is 2.25. The Morgan fingerprint density at radius 1 is 0.826 bits per heavy atom. The molecule has 0 bridgehead atoms. The Kier molecular flexibility index (Phi) is 3.96. The largest absolute Gasteiger partial charge is 0.393 e. The summed E-state index contributed by atoms with van der Waals surface area (Å²) in [5.41, 5.74) is 3.19. The van der Waals surface area contributed by atoms with Gasteiger partial charge in [-0.25, -0.2) is 0 Å². The lowest BCUT2D eigenvalue weighted by Gasteiger charge is -2.51. The molecule has 2 fully saturated rings. The number of aliphatic hydroxyl groups excluding tert-OH is 1. The van der Waals surface area contributed by atoms with Crippen LogP contribution in [0.4, 0.5) is 0 Å². The number of hydrogen-bond donors (Lipinski definition) is 1. The predicted molar refractivity (Wildman–Crippen MR) is 93.2 cm³/mol. The molecule has 1 heterocycles. The molecule has 2 aliphatic rings. The molecule has 0 unspecified atom stereocenters. The Hall–Kier alpha value is -1.64. The molecule has 2 aromatic carbocycles. The van der Waals surface area contributed by atoms with Crippen LogP contribution >= 0.6 is 0 Å². The zero-order chi connectivity index (χ0) is 15.7. The maximum absolute atomic E-state index is 9.68. The molecular formula is C21H25NO. The van der Waals surface area contributed by atoms with Gasteiger partial charge in [0, 0.05) is 0 Å². The van der Waals surface area contributed by atoms with Crippen LogP contribution in [0.25, 0.3) is 0 Å². The van der Waals surface area contributed by atoms with Gasteiger partial charge in [-0.15, -0.1) is 0 Å². The van der Waals surface area contributed by atoms with E-state index in [0.717, 1.165) is 25.9 Å². The highest BCUT2D eigenvalue weighted by atomic mass is 16.3. The van der Waals surface area contributed by atoms with E-state index in [4.69, 9.17) is 0 Å². The summed E-state index contributed by atoms with van der Waals surface area (Å²) >= 11 is 0. The van der Waals surface area contributed by atoms with Crippen LogP contribution in [-0.4, -0.2) is 29.2 Å². The lowest BCUT2D eigenvalue weighted by Crippen LogP contribution is -2.49. The molecular weight excluding hydrogens is 282 g/mol. The first kappa shape index (κ1) is 14.9. The fourth-order valence-corrected chi connectivity index (χ4v) is 4.49. The Morgan fingerprint density at radius 3 is 1.74 bits per heavy atom. The molecule has 2 heteroatoms. The molecule has 2 nitrogen and oxygen atoms in total. The van der Waals surface area contributed by atoms with Gasteiger partial charge in [0.2, 0.25) is 0 Å². The Morgan fingerprint density at radius 2 is 1.30 bits per heavy atom. The highest BCUT2D eigenvalue weighted by Crippen LogP contribution is 2.50. The van der Waals surface area contributed by atoms with E-state index in [1.54, 1.807) is 0 Å². The molecule has 0 aromatic heterocycles. The molecule has 0 amide bonds. The third-order valence-corrected chi connectivity index (χ3v) is 5.79. The quantitative estimate of drug-likeness (QED) is 0.926. The molecule has 1 saturated carbocycles. The van der Waals surface area contributed by atoms with Crippen molar-refractivity contribution in [3.05, 3.63) is 71.8 Å². The summed E-state index contributed by atoms with van der Waals surface area (Å²) in [5, 5.41) is 9.68. The normalized spacial score (nSPS) is 21.5. The van der Waals surface area contributed by atoms with Crippen molar-refractivity contribution in [3.63, 3.8) is 0 Å². The number of likely N-dealkylation sites (tertiary alicyclic amines) is 1. The second kappa shape index (κ2) is 6.10. The summed E-state index contributed by atoms with van der Waals surface area (Å²) in [4.78, 5) is 2.63. The number of piperidine rings is 1. The summed E-state index contributed by atoms with van der Waals surface area (Å²) in [6, 6.07) is 22.1. The molecule has 23 heavy (non-hydrogen) atoms. The van der Waals surface area contributed by atoms with Crippen molar-refractivity contribution in [2.45, 2.75) is 37.8 Å². The highest BCUT2D eigenvalue weighted by molar-refractivity contribution is 5.32. The van der Waals surface area contributed by atoms with E-state index >= 15 is 0 Å². The van der Waals surface area contributed by atoms with Gasteiger partial charge in [-0.05, 0) is 55.3 Å². The summed E-state index contributed by atoms with van der Waals surface area (Å²) in [6.07, 6.45) is 4.44. The Balaban J connectivity index is 1.57. The lowest BCUT2D eigenvalue weighted by atomic mass is 9.61. The zero-order valence-corrected chi connectivity index (χ0v) is 13.6. The number of aliphatic hydroxyl groups is 1. The third kappa shape index (κ3) is 2.93. The fraction of sp³-hybridized carbons (Fsp3) is 0.429. The van der Waals surface area contributed by atoms with Crippen LogP contribution in [0, 0.1) is 5.41 Å². The van der Waals surface area contributed by atoms with E-state index in [1.165, 1.54) is 24.0 Å². The second-order valence-electron chi connectivity index (χ2n) is 7.32. The molecule has 120 valence electrons. The molecule has 1 saturated heterocycles. The van der Waals surface area contributed by atoms with Crippen molar-refractivity contribution in [1.29, 1.82) is 0 Å². The van der Waals surface area contributed by atoms with Gasteiger partial charge < -0.3 is 5.11 Å². The van der Waals surface area contributed by atoms with Gasteiger partial charge in [-0.1, -0.05) is 60.7 Å². The first-order valence-corrected chi connectivity index (χ1v) is 8.78. The standard InChI is InChI=1S/C21H25NO/c23-19-15-21(16-19)11-13-22(14-12-21)20(17-7-3-1-4-8-17)18-9-5-2-6-10-18/h1-10,19-20,23H,11-16H2. The summed E-state index contributed by atoms with van der Waals surface area (Å²) < 4.78 is 0. The monoisotopic (exact) mass is 307 g/mol. The van der Waals surface area contributed by atoms with E-state index < -0.39 is 0 Å². The van der Waals surface area contributed by atoms with Gasteiger partial charge in [0.15, 0.2) is 0 Å². The van der Waals surface area contributed by atoms with E-state index in [9.17, 15) is 5.11 Å². The van der Waals surface area contributed by atoms with E-state index in [-0.39, 0.29) is 6.10 Å². The molecule has 1 aliphatic heterocycles. The Bertz CT molecular complexity index is 584. The van der Waals surface area contributed by atoms with E-state index in [1.807, 2.05) is 0 Å². The van der Waals surface area contributed by atoms with E-state index in [0.29, 0.717) is 11.5 Å². The molecule has 1 spiro atoms. The minimum Gasteiger partial charge on any atom is -0.393 e. The van der Waals surface area contributed by atoms with Crippen molar-refractivity contribution in [1.82, 2.24) is 4.90 Å². The van der Waals surface area contributed by atoms with E-state index in [2.05, 4.69) is 65.6 Å². The smallest absolute Gasteiger partial charge is 0.0601 e. The van der Waals surface area contributed by atoms with Crippen LogP contribution in [0.2, 0.25) is 0 Å². The molecule has 0 radical (unpaired) electrons. The van der Waals surface area contributed by atoms with Crippen LogP contribution in [0.1, 0.15) is 42.9 Å². The van der Waals surface area contributed by atoms with Crippen LogP contribution in [0.3, 0.4) is 0 Å². The topological polar surface area (TPSA) is 23.5 Å². The third-order valence-electron chi connectivity index (χ3n) is 5.79. The number of nitrogens with zero attached hydrogens (tertiary/aromatic N) is 1. The van der Waals surface area contributed by atoms with Crippen molar-refractivity contribution >= 4 is 0 Å². The summed E-state index contributed by atoms with van der Waals surface area (Å²) in [5.74, 6) is 0. The minimum atomic E-state index is -0.0411. The number of rotatable bonds is 3. The minimum absolute atomic E-state index is 0.0411. The second-order valence-corrected chi connectivity index (χ2v) is 7.32. The van der Waals surface area contributed by atoms with Gasteiger partial charge in [-0.2, -0.15) is 0 Å². The van der Waals surface area contributed by atoms with Crippen LogP contribution in [0.15, 0.2) is 60.7 Å². The first-order chi connectivity index (χ1) is 11.3. The van der Waals surface area contributed by atoms with Crippen molar-refractivity contribution in [3.8, 4) is 0 Å². The predicted octanol–water partition coefficient (Wildman–Crippen LogP) is 4.01. The maximum Gasteiger partial charge on any atom is 0.0601 e. The molecule has 2 aromatic rings. The SMILES string of the molecule is OC1CC2(CCN(C(c3ccccc3)c3ccccc3)CC2)C1. The lowest BCUT2D eigenvalue weighted by molar-refractivity contribution is -0.0716. The number of hydrogen-bond acceptors (Lipinski definition) is 2. The van der Waals surface area contributed by atoms with Crippen molar-refractivity contribution < 1.29 is 5.11 Å². The highest BCUT2D eigenvalue weighted by Gasteiger charge is 2.45. The van der Waals surface area contributed by atoms with Crippen LogP contribution in [0.5, 0.6) is 0 Å².